The van der Waals surface area contributed by atoms with Crippen LogP contribution >= 0.6 is 0 Å². The van der Waals surface area contributed by atoms with Crippen molar-refractivity contribution in [3.05, 3.63) is 41.7 Å². The van der Waals surface area contributed by atoms with Crippen LogP contribution in [0.3, 0.4) is 0 Å². The monoisotopic (exact) mass is 249 g/mol. The van der Waals surface area contributed by atoms with Gasteiger partial charge < -0.3 is 9.84 Å². The van der Waals surface area contributed by atoms with E-state index >= 15 is 0 Å². The van der Waals surface area contributed by atoms with Gasteiger partial charge in [-0.25, -0.2) is 8.78 Å². The maximum atomic E-state index is 12.6. The van der Waals surface area contributed by atoms with Gasteiger partial charge in [0.15, 0.2) is 0 Å². The van der Waals surface area contributed by atoms with Crippen molar-refractivity contribution < 1.29 is 18.6 Å². The Hall–Kier alpha value is -2.17. The predicted octanol–water partition coefficient (Wildman–Crippen LogP) is 3.28. The predicted molar refractivity (Wildman–Crippen MR) is 60.6 cm³/mol. The molecule has 3 rings (SSSR count). The molecule has 0 bridgehead atoms. The quantitative estimate of drug-likeness (QED) is 0.843. The van der Waals surface area contributed by atoms with Crippen molar-refractivity contribution in [3.8, 4) is 22.6 Å². The Balaban J connectivity index is 2.18. The van der Waals surface area contributed by atoms with E-state index in [0.29, 0.717) is 17.9 Å². The zero-order chi connectivity index (χ0) is 12.7. The van der Waals surface area contributed by atoms with Crippen LogP contribution in [0, 0.1) is 0 Å². The van der Waals surface area contributed by atoms with Crippen molar-refractivity contribution in [1.82, 2.24) is 4.98 Å². The zero-order valence-electron chi connectivity index (χ0n) is 9.23. The SMILES string of the molecule is Oc1ccc2c(c1)COc1cnc(C(F)F)cc1-2. The standard InChI is InChI=1S/C13H9F2NO2/c14-13(15)11-4-10-9-2-1-8(17)3-7(9)6-18-12(10)5-16-11/h1-5,13,17H,6H2. The Bertz CT molecular complexity index is 614. The maximum absolute atomic E-state index is 12.6. The average Bonchev–Trinajstić information content (AvgIpc) is 2.37. The lowest BCUT2D eigenvalue weighted by atomic mass is 9.97. The summed E-state index contributed by atoms with van der Waals surface area (Å²) in [4.78, 5) is 3.66. The van der Waals surface area contributed by atoms with Gasteiger partial charge in [-0.15, -0.1) is 0 Å². The molecule has 2 aromatic rings. The smallest absolute Gasteiger partial charge is 0.280 e. The number of aromatic nitrogens is 1. The highest BCUT2D eigenvalue weighted by Gasteiger charge is 2.20. The van der Waals surface area contributed by atoms with E-state index in [1.807, 2.05) is 0 Å². The van der Waals surface area contributed by atoms with Crippen LogP contribution in [0.5, 0.6) is 11.5 Å². The molecule has 1 aromatic carbocycles. The van der Waals surface area contributed by atoms with E-state index in [0.717, 1.165) is 11.1 Å². The molecule has 0 aliphatic carbocycles. The summed E-state index contributed by atoms with van der Waals surface area (Å²) in [6, 6.07) is 6.12. The molecule has 5 heteroatoms. The first kappa shape index (κ1) is 11.0. The third kappa shape index (κ3) is 1.68. The number of pyridine rings is 1. The van der Waals surface area contributed by atoms with Gasteiger partial charge in [-0.1, -0.05) is 6.07 Å². The summed E-state index contributed by atoms with van der Waals surface area (Å²) >= 11 is 0. The number of halogens is 2. The summed E-state index contributed by atoms with van der Waals surface area (Å²) in [7, 11) is 0. The van der Waals surface area contributed by atoms with Crippen molar-refractivity contribution >= 4 is 0 Å². The van der Waals surface area contributed by atoms with E-state index in [1.165, 1.54) is 18.3 Å². The van der Waals surface area contributed by atoms with Crippen molar-refractivity contribution in [2.24, 2.45) is 0 Å². The fourth-order valence-corrected chi connectivity index (χ4v) is 2.02. The Morgan fingerprint density at radius 2 is 2.06 bits per heavy atom. The summed E-state index contributed by atoms with van der Waals surface area (Å²) in [6.45, 7) is 0.298. The molecular formula is C13H9F2NO2. The second kappa shape index (κ2) is 3.94. The first-order valence-electron chi connectivity index (χ1n) is 5.38. The van der Waals surface area contributed by atoms with Gasteiger partial charge in [0, 0.05) is 11.1 Å². The molecule has 1 aliphatic heterocycles. The molecule has 0 radical (unpaired) electrons. The van der Waals surface area contributed by atoms with E-state index < -0.39 is 6.43 Å². The maximum Gasteiger partial charge on any atom is 0.280 e. The first-order valence-corrected chi connectivity index (χ1v) is 5.38. The normalized spacial score (nSPS) is 12.8. The summed E-state index contributed by atoms with van der Waals surface area (Å²) < 4.78 is 30.7. The lowest BCUT2D eigenvalue weighted by Gasteiger charge is -2.21. The molecule has 0 saturated carbocycles. The number of hydrogen-bond acceptors (Lipinski definition) is 3. The van der Waals surface area contributed by atoms with Gasteiger partial charge in [-0.2, -0.15) is 0 Å². The second-order valence-corrected chi connectivity index (χ2v) is 4.04. The zero-order valence-corrected chi connectivity index (χ0v) is 9.23. The number of phenols is 1. The minimum atomic E-state index is -2.61. The van der Waals surface area contributed by atoms with E-state index in [1.54, 1.807) is 12.1 Å². The lowest BCUT2D eigenvalue weighted by molar-refractivity contribution is 0.146. The minimum absolute atomic E-state index is 0.129. The number of rotatable bonds is 1. The average molecular weight is 249 g/mol. The van der Waals surface area contributed by atoms with E-state index in [-0.39, 0.29) is 11.4 Å². The van der Waals surface area contributed by atoms with Gasteiger partial charge in [0.2, 0.25) is 0 Å². The fraction of sp³-hybridized carbons (Fsp3) is 0.154. The fourth-order valence-electron chi connectivity index (χ4n) is 2.02. The molecule has 0 atom stereocenters. The molecule has 2 heterocycles. The minimum Gasteiger partial charge on any atom is -0.508 e. The molecule has 1 N–H and O–H groups in total. The molecule has 1 aromatic heterocycles. The van der Waals surface area contributed by atoms with Gasteiger partial charge in [0.1, 0.15) is 23.8 Å². The van der Waals surface area contributed by atoms with Crippen LogP contribution in [0.15, 0.2) is 30.5 Å². The number of alkyl halides is 2. The Morgan fingerprint density at radius 1 is 1.22 bits per heavy atom. The van der Waals surface area contributed by atoms with Crippen LogP contribution in [0.25, 0.3) is 11.1 Å². The summed E-state index contributed by atoms with van der Waals surface area (Å²) in [6.07, 6.45) is -1.30. The number of ether oxygens (including phenoxy) is 1. The largest absolute Gasteiger partial charge is 0.508 e. The Labute approximate surface area is 102 Å². The van der Waals surface area contributed by atoms with Gasteiger partial charge in [0.25, 0.3) is 6.43 Å². The molecule has 0 spiro atoms. The third-order valence-corrected chi connectivity index (χ3v) is 2.87. The first-order chi connectivity index (χ1) is 8.65. The number of hydrogen-bond donors (Lipinski definition) is 1. The van der Waals surface area contributed by atoms with Gasteiger partial charge >= 0.3 is 0 Å². The highest BCUT2D eigenvalue weighted by atomic mass is 19.3. The van der Waals surface area contributed by atoms with Gasteiger partial charge in [-0.3, -0.25) is 4.98 Å². The van der Waals surface area contributed by atoms with Crippen molar-refractivity contribution in [2.75, 3.05) is 0 Å². The van der Waals surface area contributed by atoms with Crippen molar-refractivity contribution in [3.63, 3.8) is 0 Å². The van der Waals surface area contributed by atoms with Crippen molar-refractivity contribution in [1.29, 1.82) is 0 Å². The number of benzene rings is 1. The van der Waals surface area contributed by atoms with Crippen LogP contribution in [0.4, 0.5) is 8.78 Å². The topological polar surface area (TPSA) is 42.4 Å². The molecular weight excluding hydrogens is 240 g/mol. The van der Waals surface area contributed by atoms with Crippen LogP contribution in [-0.2, 0) is 6.61 Å². The van der Waals surface area contributed by atoms with Crippen LogP contribution in [-0.4, -0.2) is 10.1 Å². The second-order valence-electron chi connectivity index (χ2n) is 4.04. The number of fused-ring (bicyclic) bond motifs is 3. The molecule has 92 valence electrons. The van der Waals surface area contributed by atoms with E-state index in [2.05, 4.69) is 4.98 Å². The van der Waals surface area contributed by atoms with Crippen LogP contribution in [0.2, 0.25) is 0 Å². The third-order valence-electron chi connectivity index (χ3n) is 2.87. The molecule has 18 heavy (non-hydrogen) atoms. The van der Waals surface area contributed by atoms with Gasteiger partial charge in [-0.05, 0) is 23.8 Å². The molecule has 3 nitrogen and oxygen atoms in total. The molecule has 0 amide bonds. The van der Waals surface area contributed by atoms with Crippen LogP contribution in [0.1, 0.15) is 17.7 Å². The van der Waals surface area contributed by atoms with E-state index in [9.17, 15) is 13.9 Å². The van der Waals surface area contributed by atoms with Gasteiger partial charge in [0.05, 0.1) is 6.20 Å². The highest BCUT2D eigenvalue weighted by Crippen LogP contribution is 2.39. The Morgan fingerprint density at radius 3 is 2.83 bits per heavy atom. The Kier molecular flexibility index (Phi) is 2.40. The lowest BCUT2D eigenvalue weighted by Crippen LogP contribution is -2.06. The molecule has 0 fully saturated rings. The number of aromatic hydroxyl groups is 1. The summed E-state index contributed by atoms with van der Waals surface area (Å²) in [5, 5.41) is 9.39. The van der Waals surface area contributed by atoms with Crippen LogP contribution < -0.4 is 4.74 Å². The molecule has 1 aliphatic rings. The summed E-state index contributed by atoms with van der Waals surface area (Å²) in [5.74, 6) is 0.613. The van der Waals surface area contributed by atoms with E-state index in [4.69, 9.17) is 4.74 Å². The number of nitrogens with zero attached hydrogens (tertiary/aromatic N) is 1. The summed E-state index contributed by atoms with van der Waals surface area (Å²) in [5.41, 5.74) is 1.87. The van der Waals surface area contributed by atoms with Crippen molar-refractivity contribution in [2.45, 2.75) is 13.0 Å². The molecule has 0 unspecified atom stereocenters. The highest BCUT2D eigenvalue weighted by molar-refractivity contribution is 5.75. The number of phenolic OH excluding ortho intramolecular Hbond substituents is 1. The molecule has 0 saturated heterocycles.